The maximum absolute atomic E-state index is 13.8. The zero-order valence-electron chi connectivity index (χ0n) is 33.7. The Morgan fingerprint density at radius 2 is 0.887 bits per heavy atom. The predicted octanol–water partition coefficient (Wildman–Crippen LogP) is 12.0. The largest absolute Gasteiger partial charge is 0.502 e. The Labute approximate surface area is 320 Å². The van der Waals surface area contributed by atoms with Crippen LogP contribution < -0.4 is 9.47 Å². The highest BCUT2D eigenvalue weighted by atomic mass is 16.5. The maximum atomic E-state index is 13.8. The number of ether oxygens (including phenoxy) is 2. The van der Waals surface area contributed by atoms with E-state index in [1.54, 1.807) is 0 Å². The third kappa shape index (κ3) is 19.0. The lowest BCUT2D eigenvalue weighted by Gasteiger charge is -2.19. The highest BCUT2D eigenvalue weighted by Gasteiger charge is 2.34. The molecule has 0 bridgehead atoms. The van der Waals surface area contributed by atoms with E-state index >= 15 is 0 Å². The van der Waals surface area contributed by atoms with Gasteiger partial charge in [0, 0.05) is 24.0 Å². The zero-order valence-corrected chi connectivity index (χ0v) is 33.7. The molecule has 3 N–H and O–H groups in total. The molecule has 0 spiro atoms. The molecule has 53 heavy (non-hydrogen) atoms. The van der Waals surface area contributed by atoms with Crippen LogP contribution in [-0.2, 0) is 14.4 Å². The van der Waals surface area contributed by atoms with Crippen LogP contribution in [-0.4, -0.2) is 53.0 Å². The number of allylic oxidation sites excluding steroid dienone is 1. The third-order valence-electron chi connectivity index (χ3n) is 10.2. The topological polar surface area (TPSA) is 147 Å². The first-order valence-corrected chi connectivity index (χ1v) is 20.9. The summed E-state index contributed by atoms with van der Waals surface area (Å²) in [5.74, 6) is -5.70. The van der Waals surface area contributed by atoms with Crippen LogP contribution >= 0.6 is 0 Å². The van der Waals surface area contributed by atoms with E-state index in [9.17, 15) is 34.5 Å². The van der Waals surface area contributed by atoms with Crippen molar-refractivity contribution >= 4 is 29.1 Å². The number of ketones is 2. The fraction of sp³-hybridized carbons (Fsp3) is 0.727. The van der Waals surface area contributed by atoms with Crippen molar-refractivity contribution in [2.75, 3.05) is 14.2 Å². The van der Waals surface area contributed by atoms with E-state index in [1.807, 2.05) is 0 Å². The molecule has 1 aromatic rings. The molecule has 0 aliphatic carbocycles. The van der Waals surface area contributed by atoms with Crippen molar-refractivity contribution in [3.63, 3.8) is 0 Å². The number of phenolic OH excluding ortho intramolecular Hbond substituents is 1. The summed E-state index contributed by atoms with van der Waals surface area (Å²) in [5.41, 5.74) is -2.14. The number of benzene rings is 1. The molecule has 0 aliphatic rings. The van der Waals surface area contributed by atoms with Gasteiger partial charge in [0.2, 0.25) is 5.75 Å². The minimum absolute atomic E-state index is 0.0582. The van der Waals surface area contributed by atoms with Crippen LogP contribution in [0.4, 0.5) is 0 Å². The van der Waals surface area contributed by atoms with Gasteiger partial charge in [-0.3, -0.25) is 9.59 Å². The van der Waals surface area contributed by atoms with Crippen LogP contribution in [0, 0.1) is 0 Å². The Hall–Kier alpha value is -3.36. The molecule has 0 radical (unpaired) electrons. The highest BCUT2D eigenvalue weighted by Crippen LogP contribution is 2.45. The number of carboxylic acids is 2. The van der Waals surface area contributed by atoms with E-state index in [-0.39, 0.29) is 35.5 Å². The van der Waals surface area contributed by atoms with Crippen LogP contribution in [0.3, 0.4) is 0 Å². The number of aliphatic carboxylic acids is 2. The Morgan fingerprint density at radius 3 is 1.23 bits per heavy atom. The van der Waals surface area contributed by atoms with E-state index in [2.05, 4.69) is 13.8 Å². The van der Waals surface area contributed by atoms with Gasteiger partial charge in [-0.25, -0.2) is 9.59 Å². The molecule has 0 saturated carbocycles. The quantitative estimate of drug-likeness (QED) is 0.0203. The van der Waals surface area contributed by atoms with Crippen LogP contribution in [0.1, 0.15) is 210 Å². The Kier molecular flexibility index (Phi) is 27.0. The number of carbonyl (C=O) groups excluding carboxylic acids is 2. The standard InChI is InChI=1S/C44H72O9/c1-5-7-9-11-13-15-17-19-21-23-25-27-29-31-35(45)38(40(43(48)49)44(50)51)34-33-37(52-3)41(47)42(53-4)39(34)36(46)32-30-28-26-24-22-20-18-16-14-12-10-8-6-2/h33,47H,5-32H2,1-4H3,(H,48,49)(H,50,51). The Bertz CT molecular complexity index is 1230. The summed E-state index contributed by atoms with van der Waals surface area (Å²) in [6.45, 7) is 4.45. The van der Waals surface area contributed by atoms with Gasteiger partial charge in [-0.2, -0.15) is 0 Å². The number of carboxylic acid groups (broad SMARTS) is 2. The monoisotopic (exact) mass is 745 g/mol. The smallest absolute Gasteiger partial charge is 0.343 e. The fourth-order valence-electron chi connectivity index (χ4n) is 7.04. The second-order valence-electron chi connectivity index (χ2n) is 14.6. The lowest BCUT2D eigenvalue weighted by molar-refractivity contribution is -0.140. The number of hydrogen-bond acceptors (Lipinski definition) is 7. The number of methoxy groups -OCH3 is 2. The first-order valence-electron chi connectivity index (χ1n) is 20.9. The number of phenols is 1. The number of unbranched alkanes of at least 4 members (excludes halogenated alkanes) is 24. The number of carbonyl (C=O) groups is 4. The molecule has 1 aromatic carbocycles. The predicted molar refractivity (Wildman–Crippen MR) is 213 cm³/mol. The van der Waals surface area contributed by atoms with Gasteiger partial charge in [0.25, 0.3) is 0 Å². The van der Waals surface area contributed by atoms with Crippen molar-refractivity contribution < 1.29 is 44.0 Å². The minimum Gasteiger partial charge on any atom is -0.502 e. The van der Waals surface area contributed by atoms with Gasteiger partial charge in [-0.15, -0.1) is 0 Å². The number of aromatic hydroxyl groups is 1. The molecule has 9 heteroatoms. The second-order valence-corrected chi connectivity index (χ2v) is 14.6. The normalized spacial score (nSPS) is 11.0. The van der Waals surface area contributed by atoms with Crippen molar-refractivity contribution in [1.82, 2.24) is 0 Å². The summed E-state index contributed by atoms with van der Waals surface area (Å²) < 4.78 is 10.7. The molecule has 0 aromatic heterocycles. The highest BCUT2D eigenvalue weighted by molar-refractivity contribution is 6.35. The molecule has 0 atom stereocenters. The maximum Gasteiger partial charge on any atom is 0.343 e. The lowest BCUT2D eigenvalue weighted by atomic mass is 9.86. The summed E-state index contributed by atoms with van der Waals surface area (Å²) in [6, 6.07) is 1.18. The summed E-state index contributed by atoms with van der Waals surface area (Å²) in [5, 5.41) is 30.9. The van der Waals surface area contributed by atoms with E-state index in [0.717, 1.165) is 51.4 Å². The average molecular weight is 745 g/mol. The summed E-state index contributed by atoms with van der Waals surface area (Å²) in [4.78, 5) is 52.3. The van der Waals surface area contributed by atoms with E-state index < -0.39 is 40.4 Å². The Balaban J connectivity index is 2.96. The first kappa shape index (κ1) is 47.7. The van der Waals surface area contributed by atoms with Crippen molar-refractivity contribution in [2.24, 2.45) is 0 Å². The van der Waals surface area contributed by atoms with Gasteiger partial charge in [-0.1, -0.05) is 168 Å². The average Bonchev–Trinajstić information content (AvgIpc) is 3.13. The molecule has 0 aliphatic heterocycles. The van der Waals surface area contributed by atoms with Gasteiger partial charge >= 0.3 is 11.9 Å². The summed E-state index contributed by atoms with van der Waals surface area (Å²) in [6.07, 6.45) is 29.2. The number of Topliss-reactive ketones (excluding diaryl/α,β-unsaturated/α-hetero) is 2. The van der Waals surface area contributed by atoms with Crippen LogP contribution in [0.2, 0.25) is 0 Å². The SMILES string of the molecule is CCCCCCCCCCCCCCCC(=O)C(=C(C(=O)O)C(=O)O)c1cc(OC)c(O)c(OC)c1C(=O)CCCCCCCCCCCCCCC. The lowest BCUT2D eigenvalue weighted by Crippen LogP contribution is -2.20. The van der Waals surface area contributed by atoms with Gasteiger partial charge in [-0.05, 0) is 18.9 Å². The molecule has 0 amide bonds. The van der Waals surface area contributed by atoms with Crippen LogP contribution in [0.25, 0.3) is 5.57 Å². The molecule has 0 fully saturated rings. The molecule has 0 unspecified atom stereocenters. The molecule has 0 saturated heterocycles. The van der Waals surface area contributed by atoms with E-state index in [1.165, 1.54) is 123 Å². The van der Waals surface area contributed by atoms with Gasteiger partial charge in [0.15, 0.2) is 28.6 Å². The molecule has 302 valence electrons. The molecule has 0 heterocycles. The van der Waals surface area contributed by atoms with Crippen LogP contribution in [0.5, 0.6) is 17.2 Å². The van der Waals surface area contributed by atoms with Crippen molar-refractivity contribution in [3.05, 3.63) is 22.8 Å². The molecule has 9 nitrogen and oxygen atoms in total. The second kappa shape index (κ2) is 30.0. The Morgan fingerprint density at radius 1 is 0.528 bits per heavy atom. The first-order chi connectivity index (χ1) is 25.7. The fourth-order valence-corrected chi connectivity index (χ4v) is 7.04. The number of hydrogen-bond donors (Lipinski definition) is 3. The zero-order chi connectivity index (χ0) is 39.3. The number of rotatable bonds is 35. The van der Waals surface area contributed by atoms with E-state index in [4.69, 9.17) is 9.47 Å². The summed E-state index contributed by atoms with van der Waals surface area (Å²) >= 11 is 0. The minimum atomic E-state index is -1.80. The molecule has 1 rings (SSSR count). The van der Waals surface area contributed by atoms with Crippen LogP contribution in [0.15, 0.2) is 11.6 Å². The van der Waals surface area contributed by atoms with Crippen molar-refractivity contribution in [3.8, 4) is 17.2 Å². The molecular formula is C44H72O9. The third-order valence-corrected chi connectivity index (χ3v) is 10.2. The van der Waals surface area contributed by atoms with Gasteiger partial charge < -0.3 is 24.8 Å². The summed E-state index contributed by atoms with van der Waals surface area (Å²) in [7, 11) is 2.51. The van der Waals surface area contributed by atoms with Crippen molar-refractivity contribution in [1.29, 1.82) is 0 Å². The van der Waals surface area contributed by atoms with Crippen molar-refractivity contribution in [2.45, 2.75) is 194 Å². The molecular weight excluding hydrogens is 672 g/mol. The van der Waals surface area contributed by atoms with Gasteiger partial charge in [0.1, 0.15) is 0 Å². The van der Waals surface area contributed by atoms with E-state index in [0.29, 0.717) is 12.8 Å². The van der Waals surface area contributed by atoms with Gasteiger partial charge in [0.05, 0.1) is 19.8 Å².